The number of amides is 1. The summed E-state index contributed by atoms with van der Waals surface area (Å²) in [4.78, 5) is 14.5. The van der Waals surface area contributed by atoms with E-state index in [9.17, 15) is 4.79 Å². The van der Waals surface area contributed by atoms with Gasteiger partial charge in [0.2, 0.25) is 0 Å². The molecule has 0 unspecified atom stereocenters. The van der Waals surface area contributed by atoms with Gasteiger partial charge in [0.05, 0.1) is 4.88 Å². The number of alkyl halides is 1. The van der Waals surface area contributed by atoms with Crippen molar-refractivity contribution < 1.29 is 4.79 Å². The summed E-state index contributed by atoms with van der Waals surface area (Å²) in [5.74, 6) is 0.0991. The minimum atomic E-state index is 0.0991. The molecule has 1 aromatic heterocycles. The molecule has 2 nitrogen and oxygen atoms in total. The van der Waals surface area contributed by atoms with Crippen LogP contribution in [0.4, 0.5) is 0 Å². The van der Waals surface area contributed by atoms with Gasteiger partial charge in [-0.3, -0.25) is 4.79 Å². The fraction of sp³-hybridized carbons (Fsp3) is 0.667. The highest BCUT2D eigenvalue weighted by molar-refractivity contribution is 9.09. The number of nitrogens with one attached hydrogen (secondary N) is 1. The molecule has 0 saturated heterocycles. The Kier molecular flexibility index (Phi) is 5.07. The number of halogens is 1. The number of aryl methyl sites for hydroxylation is 2. The van der Waals surface area contributed by atoms with Gasteiger partial charge in [-0.05, 0) is 49.1 Å². The van der Waals surface area contributed by atoms with E-state index in [1.54, 1.807) is 11.3 Å². The molecule has 0 spiro atoms. The van der Waals surface area contributed by atoms with E-state index in [0.29, 0.717) is 0 Å². The van der Waals surface area contributed by atoms with Crippen LogP contribution in [0, 0.1) is 5.41 Å². The molecular weight excluding hydrogens is 322 g/mol. The highest BCUT2D eigenvalue weighted by Crippen LogP contribution is 2.29. The van der Waals surface area contributed by atoms with E-state index in [1.807, 2.05) is 0 Å². The van der Waals surface area contributed by atoms with Crippen molar-refractivity contribution in [2.75, 3.05) is 11.9 Å². The zero-order valence-electron chi connectivity index (χ0n) is 11.7. The lowest BCUT2D eigenvalue weighted by Gasteiger charge is -2.23. The Bertz CT molecular complexity index is 429. The fourth-order valence-electron chi connectivity index (χ4n) is 2.35. The number of rotatable bonds is 5. The third-order valence-corrected chi connectivity index (χ3v) is 5.35. The predicted molar refractivity (Wildman–Crippen MR) is 85.5 cm³/mol. The Hall–Kier alpha value is -0.350. The van der Waals surface area contributed by atoms with E-state index >= 15 is 0 Å². The van der Waals surface area contributed by atoms with Crippen molar-refractivity contribution in [1.29, 1.82) is 0 Å². The largest absolute Gasteiger partial charge is 0.351 e. The summed E-state index contributed by atoms with van der Waals surface area (Å²) < 4.78 is 0. The molecule has 0 fully saturated rings. The SMILES string of the molecule is CC(C)(CCBr)CNC(=O)c1cc2c(s1)CCCC2. The van der Waals surface area contributed by atoms with Crippen molar-refractivity contribution in [2.45, 2.75) is 46.0 Å². The molecule has 0 bridgehead atoms. The molecule has 0 atom stereocenters. The first kappa shape index (κ1) is 15.0. The summed E-state index contributed by atoms with van der Waals surface area (Å²) in [6.07, 6.45) is 5.90. The van der Waals surface area contributed by atoms with Gasteiger partial charge in [-0.25, -0.2) is 0 Å². The van der Waals surface area contributed by atoms with Crippen LogP contribution in [0.5, 0.6) is 0 Å². The molecule has 1 amide bonds. The number of carbonyl (C=O) groups is 1. The third-order valence-electron chi connectivity index (χ3n) is 3.72. The maximum absolute atomic E-state index is 12.2. The van der Waals surface area contributed by atoms with Crippen molar-refractivity contribution in [3.05, 3.63) is 21.4 Å². The second kappa shape index (κ2) is 6.40. The van der Waals surface area contributed by atoms with E-state index in [2.05, 4.69) is 41.2 Å². The first-order valence-corrected chi connectivity index (χ1v) is 8.91. The molecule has 1 heterocycles. The highest BCUT2D eigenvalue weighted by atomic mass is 79.9. The zero-order valence-corrected chi connectivity index (χ0v) is 14.1. The highest BCUT2D eigenvalue weighted by Gasteiger charge is 2.21. The Labute approximate surface area is 128 Å². The van der Waals surface area contributed by atoms with Gasteiger partial charge in [0.25, 0.3) is 5.91 Å². The second-order valence-corrected chi connectivity index (χ2v) is 7.98. The normalized spacial score (nSPS) is 15.1. The summed E-state index contributed by atoms with van der Waals surface area (Å²) in [6.45, 7) is 5.11. The van der Waals surface area contributed by atoms with Crippen molar-refractivity contribution in [3.8, 4) is 0 Å². The van der Waals surface area contributed by atoms with Crippen LogP contribution in [0.3, 0.4) is 0 Å². The quantitative estimate of drug-likeness (QED) is 0.798. The maximum atomic E-state index is 12.2. The maximum Gasteiger partial charge on any atom is 0.261 e. The summed E-state index contributed by atoms with van der Waals surface area (Å²) in [6, 6.07) is 2.10. The minimum absolute atomic E-state index is 0.0991. The van der Waals surface area contributed by atoms with Gasteiger partial charge in [-0.2, -0.15) is 0 Å². The Morgan fingerprint density at radius 2 is 2.16 bits per heavy atom. The van der Waals surface area contributed by atoms with Crippen molar-refractivity contribution in [3.63, 3.8) is 0 Å². The summed E-state index contributed by atoms with van der Waals surface area (Å²) in [5.41, 5.74) is 1.55. The van der Waals surface area contributed by atoms with Gasteiger partial charge in [-0.15, -0.1) is 11.3 Å². The molecule has 0 saturated carbocycles. The molecule has 19 heavy (non-hydrogen) atoms. The van der Waals surface area contributed by atoms with E-state index in [4.69, 9.17) is 0 Å². The number of fused-ring (bicyclic) bond motifs is 1. The van der Waals surface area contributed by atoms with Crippen molar-refractivity contribution in [2.24, 2.45) is 5.41 Å². The molecule has 4 heteroatoms. The number of hydrogen-bond acceptors (Lipinski definition) is 2. The summed E-state index contributed by atoms with van der Waals surface area (Å²) >= 11 is 5.15. The summed E-state index contributed by atoms with van der Waals surface area (Å²) in [7, 11) is 0. The monoisotopic (exact) mass is 343 g/mol. The van der Waals surface area contributed by atoms with Gasteiger partial charge >= 0.3 is 0 Å². The van der Waals surface area contributed by atoms with Crippen LogP contribution in [0.1, 0.15) is 53.2 Å². The van der Waals surface area contributed by atoms with E-state index in [-0.39, 0.29) is 11.3 Å². The Balaban J connectivity index is 1.95. The smallest absolute Gasteiger partial charge is 0.261 e. The average molecular weight is 344 g/mol. The molecule has 1 aromatic rings. The molecule has 1 aliphatic rings. The van der Waals surface area contributed by atoms with Crippen LogP contribution >= 0.6 is 27.3 Å². The molecule has 106 valence electrons. The van der Waals surface area contributed by atoms with Gasteiger partial charge in [-0.1, -0.05) is 29.8 Å². The van der Waals surface area contributed by atoms with Crippen LogP contribution in [0.15, 0.2) is 6.07 Å². The number of carbonyl (C=O) groups excluding carboxylic acids is 1. The van der Waals surface area contributed by atoms with Crippen LogP contribution in [-0.4, -0.2) is 17.8 Å². The first-order chi connectivity index (χ1) is 9.02. The van der Waals surface area contributed by atoms with Crippen molar-refractivity contribution in [1.82, 2.24) is 5.32 Å². The topological polar surface area (TPSA) is 29.1 Å². The molecule has 1 aliphatic carbocycles. The molecule has 0 radical (unpaired) electrons. The van der Waals surface area contributed by atoms with Gasteiger partial charge in [0.1, 0.15) is 0 Å². The minimum Gasteiger partial charge on any atom is -0.351 e. The lowest BCUT2D eigenvalue weighted by Crippen LogP contribution is -2.33. The molecule has 1 N–H and O–H groups in total. The van der Waals surface area contributed by atoms with E-state index in [1.165, 1.54) is 23.3 Å². The number of hydrogen-bond donors (Lipinski definition) is 1. The van der Waals surface area contributed by atoms with Crippen LogP contribution in [0.2, 0.25) is 0 Å². The average Bonchev–Trinajstić information content (AvgIpc) is 2.79. The van der Waals surface area contributed by atoms with Crippen LogP contribution in [-0.2, 0) is 12.8 Å². The second-order valence-electron chi connectivity index (χ2n) is 6.05. The van der Waals surface area contributed by atoms with Gasteiger partial charge < -0.3 is 5.32 Å². The summed E-state index contributed by atoms with van der Waals surface area (Å²) in [5, 5.41) is 4.06. The number of thiophene rings is 1. The molecule has 2 rings (SSSR count). The van der Waals surface area contributed by atoms with Crippen molar-refractivity contribution >= 4 is 33.2 Å². The van der Waals surface area contributed by atoms with E-state index < -0.39 is 0 Å². The standard InChI is InChI=1S/C15H22BrNOS/c1-15(2,7-8-16)10-17-14(18)13-9-11-5-3-4-6-12(11)19-13/h9H,3-8,10H2,1-2H3,(H,17,18). The molecular formula is C15H22BrNOS. The predicted octanol–water partition coefficient (Wildman–Crippen LogP) is 4.17. The molecule has 0 aliphatic heterocycles. The molecule has 0 aromatic carbocycles. The Morgan fingerprint density at radius 3 is 2.84 bits per heavy atom. The van der Waals surface area contributed by atoms with Crippen LogP contribution < -0.4 is 5.32 Å². The van der Waals surface area contributed by atoms with Gasteiger partial charge in [0.15, 0.2) is 0 Å². The lowest BCUT2D eigenvalue weighted by molar-refractivity contribution is 0.0940. The fourth-order valence-corrected chi connectivity index (χ4v) is 4.60. The van der Waals surface area contributed by atoms with Gasteiger partial charge in [0, 0.05) is 16.8 Å². The lowest BCUT2D eigenvalue weighted by atomic mass is 9.90. The first-order valence-electron chi connectivity index (χ1n) is 6.97. The van der Waals surface area contributed by atoms with Crippen LogP contribution in [0.25, 0.3) is 0 Å². The Morgan fingerprint density at radius 1 is 1.42 bits per heavy atom. The van der Waals surface area contributed by atoms with E-state index in [0.717, 1.165) is 36.0 Å². The third kappa shape index (κ3) is 4.06. The zero-order chi connectivity index (χ0) is 13.9.